The van der Waals surface area contributed by atoms with E-state index in [0.29, 0.717) is 19.4 Å². The molecular formula is C29H53NO3. The molecule has 1 amide bonds. The molecule has 4 nitrogen and oxygen atoms in total. The highest BCUT2D eigenvalue weighted by molar-refractivity contribution is 5.87. The van der Waals surface area contributed by atoms with E-state index >= 15 is 0 Å². The van der Waals surface area contributed by atoms with Gasteiger partial charge in [0.25, 0.3) is 0 Å². The molecule has 0 unspecified atom stereocenters. The van der Waals surface area contributed by atoms with Crippen molar-refractivity contribution >= 4 is 11.9 Å². The molecule has 192 valence electrons. The number of allylic oxidation sites excluding steroid dienone is 2. The molecule has 1 aliphatic rings. The molecular weight excluding hydrogens is 410 g/mol. The second-order valence-corrected chi connectivity index (χ2v) is 9.89. The van der Waals surface area contributed by atoms with E-state index in [1.807, 2.05) is 0 Å². The maximum Gasteiger partial charge on any atom is 0.328 e. The lowest BCUT2D eigenvalue weighted by atomic mass is 10.0. The van der Waals surface area contributed by atoms with Crippen LogP contribution in [0, 0.1) is 0 Å². The summed E-state index contributed by atoms with van der Waals surface area (Å²) in [5, 5.41) is 2.64. The van der Waals surface area contributed by atoms with Gasteiger partial charge >= 0.3 is 5.97 Å². The van der Waals surface area contributed by atoms with Crippen LogP contribution >= 0.6 is 0 Å². The first kappa shape index (κ1) is 29.7. The van der Waals surface area contributed by atoms with Crippen LogP contribution in [0.15, 0.2) is 12.2 Å². The molecule has 1 N–H and O–H groups in total. The fourth-order valence-corrected chi connectivity index (χ4v) is 4.49. The zero-order valence-corrected chi connectivity index (χ0v) is 21.7. The number of hydrogen-bond donors (Lipinski definition) is 1. The lowest BCUT2D eigenvalue weighted by Gasteiger charge is -2.09. The highest BCUT2D eigenvalue weighted by Gasteiger charge is 2.28. The highest BCUT2D eigenvalue weighted by Crippen LogP contribution is 2.14. The van der Waals surface area contributed by atoms with Crippen LogP contribution < -0.4 is 5.32 Å². The van der Waals surface area contributed by atoms with Crippen LogP contribution in [-0.4, -0.2) is 24.5 Å². The molecule has 0 bridgehead atoms. The summed E-state index contributed by atoms with van der Waals surface area (Å²) in [6.07, 6.45) is 32.5. The van der Waals surface area contributed by atoms with Crippen LogP contribution in [0.4, 0.5) is 0 Å². The second-order valence-electron chi connectivity index (χ2n) is 9.89. The second kappa shape index (κ2) is 22.5. The molecule has 33 heavy (non-hydrogen) atoms. The standard InChI is InChI=1S/C29H53NO3/c1-2-3-4-5-6-7-8-9-10-11-12-13-14-15-16-17-18-19-20-21-22-23-26-33-29(32)27-24-25-28(31)30-27/h20-21,27H,2-19,22-26H2,1H3,(H,30,31)/b21-20+/t27-/m0/s1. The third-order valence-electron chi connectivity index (χ3n) is 6.68. The van der Waals surface area contributed by atoms with Crippen LogP contribution in [0.2, 0.25) is 0 Å². The van der Waals surface area contributed by atoms with Crippen LogP contribution in [-0.2, 0) is 14.3 Å². The van der Waals surface area contributed by atoms with Crippen molar-refractivity contribution in [1.82, 2.24) is 5.32 Å². The summed E-state index contributed by atoms with van der Waals surface area (Å²) in [6, 6.07) is -0.423. The Bertz CT molecular complexity index is 503. The average Bonchev–Trinajstić information content (AvgIpc) is 3.26. The van der Waals surface area contributed by atoms with E-state index < -0.39 is 6.04 Å². The Morgan fingerprint density at radius 3 is 1.67 bits per heavy atom. The van der Waals surface area contributed by atoms with Gasteiger partial charge in [-0.1, -0.05) is 122 Å². The first-order chi connectivity index (χ1) is 16.2. The number of nitrogens with one attached hydrogen (secondary N) is 1. The molecule has 1 atom stereocenters. The zero-order chi connectivity index (χ0) is 23.8. The van der Waals surface area contributed by atoms with Crippen molar-refractivity contribution in [3.8, 4) is 0 Å². The first-order valence-corrected chi connectivity index (χ1v) is 14.3. The Morgan fingerprint density at radius 1 is 0.758 bits per heavy atom. The van der Waals surface area contributed by atoms with Crippen LogP contribution in [0.5, 0.6) is 0 Å². The Labute approximate surface area is 204 Å². The van der Waals surface area contributed by atoms with E-state index in [1.165, 1.54) is 109 Å². The Balaban J connectivity index is 1.71. The van der Waals surface area contributed by atoms with Gasteiger partial charge in [-0.25, -0.2) is 4.79 Å². The molecule has 0 aromatic rings. The molecule has 0 saturated carbocycles. The number of unbranched alkanes of at least 4 members (excludes halogenated alkanes) is 18. The SMILES string of the molecule is CCCCCCCCCCCCCCCCCCC/C=C/CCCOC(=O)[C@@H]1CCC(=O)N1. The van der Waals surface area contributed by atoms with Gasteiger partial charge in [-0.05, 0) is 32.1 Å². The van der Waals surface area contributed by atoms with Gasteiger partial charge in [-0.3, -0.25) is 4.79 Å². The molecule has 1 rings (SSSR count). The van der Waals surface area contributed by atoms with Crippen molar-refractivity contribution in [1.29, 1.82) is 0 Å². The van der Waals surface area contributed by atoms with Gasteiger partial charge in [0.15, 0.2) is 0 Å². The Morgan fingerprint density at radius 2 is 1.21 bits per heavy atom. The number of esters is 1. The van der Waals surface area contributed by atoms with Crippen molar-refractivity contribution in [3.63, 3.8) is 0 Å². The zero-order valence-electron chi connectivity index (χ0n) is 21.7. The van der Waals surface area contributed by atoms with E-state index in [0.717, 1.165) is 19.3 Å². The third kappa shape index (κ3) is 18.8. The quantitative estimate of drug-likeness (QED) is 0.0944. The summed E-state index contributed by atoms with van der Waals surface area (Å²) >= 11 is 0. The van der Waals surface area contributed by atoms with Gasteiger partial charge < -0.3 is 10.1 Å². The van der Waals surface area contributed by atoms with Crippen molar-refractivity contribution in [2.24, 2.45) is 0 Å². The molecule has 4 heteroatoms. The summed E-state index contributed by atoms with van der Waals surface area (Å²) in [5.41, 5.74) is 0. The molecule has 0 radical (unpaired) electrons. The fourth-order valence-electron chi connectivity index (χ4n) is 4.49. The van der Waals surface area contributed by atoms with Crippen molar-refractivity contribution in [2.45, 2.75) is 154 Å². The van der Waals surface area contributed by atoms with Crippen molar-refractivity contribution < 1.29 is 14.3 Å². The Hall–Kier alpha value is -1.32. The molecule has 1 aliphatic heterocycles. The maximum absolute atomic E-state index is 11.8. The summed E-state index contributed by atoms with van der Waals surface area (Å²) < 4.78 is 5.23. The molecule has 0 aromatic carbocycles. The van der Waals surface area contributed by atoms with Gasteiger partial charge in [0.05, 0.1) is 6.61 Å². The number of ether oxygens (including phenoxy) is 1. The van der Waals surface area contributed by atoms with Gasteiger partial charge in [-0.2, -0.15) is 0 Å². The highest BCUT2D eigenvalue weighted by atomic mass is 16.5. The minimum Gasteiger partial charge on any atom is -0.464 e. The largest absolute Gasteiger partial charge is 0.464 e. The van der Waals surface area contributed by atoms with Crippen LogP contribution in [0.1, 0.15) is 148 Å². The van der Waals surface area contributed by atoms with Gasteiger partial charge in [0, 0.05) is 6.42 Å². The van der Waals surface area contributed by atoms with Crippen molar-refractivity contribution in [2.75, 3.05) is 6.61 Å². The van der Waals surface area contributed by atoms with Gasteiger partial charge in [0.2, 0.25) is 5.91 Å². The molecule has 1 fully saturated rings. The van der Waals surface area contributed by atoms with E-state index in [1.54, 1.807) is 0 Å². The first-order valence-electron chi connectivity index (χ1n) is 14.3. The van der Waals surface area contributed by atoms with Crippen molar-refractivity contribution in [3.05, 3.63) is 12.2 Å². The number of amides is 1. The number of carbonyl (C=O) groups excluding carboxylic acids is 2. The molecule has 1 heterocycles. The monoisotopic (exact) mass is 463 g/mol. The number of rotatable bonds is 23. The third-order valence-corrected chi connectivity index (χ3v) is 6.68. The Kier molecular flexibility index (Phi) is 20.2. The summed E-state index contributed by atoms with van der Waals surface area (Å²) in [5.74, 6) is -0.336. The summed E-state index contributed by atoms with van der Waals surface area (Å²) in [4.78, 5) is 22.9. The topological polar surface area (TPSA) is 55.4 Å². The van der Waals surface area contributed by atoms with Gasteiger partial charge in [-0.15, -0.1) is 0 Å². The number of carbonyl (C=O) groups is 2. The maximum atomic E-state index is 11.8. The van der Waals surface area contributed by atoms with E-state index in [9.17, 15) is 9.59 Å². The normalized spacial score (nSPS) is 15.9. The predicted molar refractivity (Wildman–Crippen MR) is 139 cm³/mol. The molecule has 1 saturated heterocycles. The van der Waals surface area contributed by atoms with E-state index in [-0.39, 0.29) is 11.9 Å². The lowest BCUT2D eigenvalue weighted by Crippen LogP contribution is -2.34. The fraction of sp³-hybridized carbons (Fsp3) is 0.862. The summed E-state index contributed by atoms with van der Waals surface area (Å²) in [6.45, 7) is 2.73. The van der Waals surface area contributed by atoms with E-state index in [2.05, 4.69) is 24.4 Å². The minimum absolute atomic E-state index is 0.0516. The van der Waals surface area contributed by atoms with E-state index in [4.69, 9.17) is 4.74 Å². The number of hydrogen-bond acceptors (Lipinski definition) is 3. The molecule has 0 aliphatic carbocycles. The smallest absolute Gasteiger partial charge is 0.328 e. The lowest BCUT2D eigenvalue weighted by molar-refractivity contribution is -0.146. The van der Waals surface area contributed by atoms with Crippen LogP contribution in [0.25, 0.3) is 0 Å². The predicted octanol–water partition coefficient (Wildman–Crippen LogP) is 8.19. The molecule has 0 spiro atoms. The summed E-state index contributed by atoms with van der Waals surface area (Å²) in [7, 11) is 0. The molecule has 0 aromatic heterocycles. The average molecular weight is 464 g/mol. The van der Waals surface area contributed by atoms with Crippen LogP contribution in [0.3, 0.4) is 0 Å². The van der Waals surface area contributed by atoms with Gasteiger partial charge in [0.1, 0.15) is 6.04 Å². The minimum atomic E-state index is -0.423.